The molecule has 1 nitrogen and oxygen atoms in total. The predicted molar refractivity (Wildman–Crippen MR) is 112 cm³/mol. The van der Waals surface area contributed by atoms with Crippen molar-refractivity contribution in [2.75, 3.05) is 0 Å². The van der Waals surface area contributed by atoms with E-state index >= 15 is 0 Å². The SMILES string of the molecule is CC.CC.CC(C)=O.CC=C(CC)/C(C)=C/C.CCCC(C)C. The molecule has 0 aromatic heterocycles. The van der Waals surface area contributed by atoms with Crippen LogP contribution in [-0.4, -0.2) is 5.78 Å². The van der Waals surface area contributed by atoms with Gasteiger partial charge in [-0.05, 0) is 52.5 Å². The lowest BCUT2D eigenvalue weighted by molar-refractivity contribution is -0.114. The van der Waals surface area contributed by atoms with Crippen molar-refractivity contribution in [2.24, 2.45) is 5.92 Å². The Morgan fingerprint density at radius 1 is 0.870 bits per heavy atom. The molecule has 0 atom stereocenters. The molecule has 0 bridgehead atoms. The third kappa shape index (κ3) is 52.5. The van der Waals surface area contributed by atoms with Crippen molar-refractivity contribution in [1.29, 1.82) is 0 Å². The van der Waals surface area contributed by atoms with E-state index < -0.39 is 0 Å². The highest BCUT2D eigenvalue weighted by molar-refractivity contribution is 5.72. The summed E-state index contributed by atoms with van der Waals surface area (Å²) in [6.45, 7) is 26.3. The van der Waals surface area contributed by atoms with Gasteiger partial charge < -0.3 is 4.79 Å². The van der Waals surface area contributed by atoms with Crippen molar-refractivity contribution in [1.82, 2.24) is 0 Å². The Morgan fingerprint density at radius 3 is 1.26 bits per heavy atom. The van der Waals surface area contributed by atoms with Gasteiger partial charge in [-0.2, -0.15) is 0 Å². The number of hydrogen-bond acceptors (Lipinski definition) is 1. The van der Waals surface area contributed by atoms with Crippen LogP contribution in [0.3, 0.4) is 0 Å². The molecule has 0 N–H and O–H groups in total. The Hall–Kier alpha value is -0.850. The molecule has 0 rings (SSSR count). The van der Waals surface area contributed by atoms with Crippen LogP contribution in [0.1, 0.15) is 109 Å². The number of hydrogen-bond donors (Lipinski definition) is 0. The van der Waals surface area contributed by atoms with Crippen molar-refractivity contribution in [3.63, 3.8) is 0 Å². The van der Waals surface area contributed by atoms with Gasteiger partial charge in [-0.3, -0.25) is 0 Å². The molecule has 0 fully saturated rings. The first kappa shape index (κ1) is 33.7. The predicted octanol–water partition coefficient (Wildman–Crippen LogP) is 8.40. The normalized spacial score (nSPS) is 9.83. The molecule has 0 radical (unpaired) electrons. The summed E-state index contributed by atoms with van der Waals surface area (Å²) in [5.41, 5.74) is 2.86. The van der Waals surface area contributed by atoms with Gasteiger partial charge in [0.25, 0.3) is 0 Å². The van der Waals surface area contributed by atoms with Gasteiger partial charge in [0.05, 0.1) is 0 Å². The molecule has 0 aromatic carbocycles. The summed E-state index contributed by atoms with van der Waals surface area (Å²) in [5.74, 6) is 1.06. The molecule has 0 unspecified atom stereocenters. The zero-order chi connectivity index (χ0) is 19.8. The largest absolute Gasteiger partial charge is 0.300 e. The van der Waals surface area contributed by atoms with Crippen LogP contribution in [0.2, 0.25) is 0 Å². The quantitative estimate of drug-likeness (QED) is 0.473. The molecule has 0 saturated carbocycles. The minimum Gasteiger partial charge on any atom is -0.300 e. The van der Waals surface area contributed by atoms with Crippen molar-refractivity contribution in [2.45, 2.75) is 109 Å². The summed E-state index contributed by atoms with van der Waals surface area (Å²) < 4.78 is 0. The molecular weight excluding hydrogens is 280 g/mol. The van der Waals surface area contributed by atoms with Crippen LogP contribution in [0.5, 0.6) is 0 Å². The molecular formula is C22H48O. The average molecular weight is 329 g/mol. The zero-order valence-corrected chi connectivity index (χ0v) is 18.8. The third-order valence-electron chi connectivity index (χ3n) is 2.53. The summed E-state index contributed by atoms with van der Waals surface area (Å²) >= 11 is 0. The molecule has 0 spiro atoms. The fourth-order valence-electron chi connectivity index (χ4n) is 1.47. The van der Waals surface area contributed by atoms with E-state index in [9.17, 15) is 4.79 Å². The topological polar surface area (TPSA) is 17.1 Å². The van der Waals surface area contributed by atoms with Gasteiger partial charge >= 0.3 is 0 Å². The third-order valence-corrected chi connectivity index (χ3v) is 2.53. The van der Waals surface area contributed by atoms with E-state index in [-0.39, 0.29) is 5.78 Å². The van der Waals surface area contributed by atoms with Crippen LogP contribution >= 0.6 is 0 Å². The summed E-state index contributed by atoms with van der Waals surface area (Å²) in [5, 5.41) is 0. The Bertz CT molecular complexity index is 253. The van der Waals surface area contributed by atoms with Gasteiger partial charge in [-0.1, -0.05) is 86.0 Å². The Balaban J connectivity index is -0.0000000671. The highest BCUT2D eigenvalue weighted by Crippen LogP contribution is 2.11. The van der Waals surface area contributed by atoms with E-state index in [0.29, 0.717) is 0 Å². The summed E-state index contributed by atoms with van der Waals surface area (Å²) in [6, 6.07) is 0. The second kappa shape index (κ2) is 32.9. The highest BCUT2D eigenvalue weighted by Gasteiger charge is 1.91. The molecule has 0 aliphatic rings. The molecule has 142 valence electrons. The number of Topliss-reactive ketones (excluding diaryl/α,β-unsaturated/α-hetero) is 1. The van der Waals surface area contributed by atoms with Crippen LogP contribution in [-0.2, 0) is 4.79 Å². The molecule has 1 heteroatoms. The Morgan fingerprint density at radius 2 is 1.22 bits per heavy atom. The minimum absolute atomic E-state index is 0.167. The van der Waals surface area contributed by atoms with Crippen LogP contribution in [0.25, 0.3) is 0 Å². The molecule has 0 heterocycles. The highest BCUT2D eigenvalue weighted by atomic mass is 16.1. The Kier molecular flexibility index (Phi) is 48.2. The van der Waals surface area contributed by atoms with Gasteiger partial charge in [-0.25, -0.2) is 0 Å². The van der Waals surface area contributed by atoms with Gasteiger partial charge in [0.2, 0.25) is 0 Å². The lowest BCUT2D eigenvalue weighted by atomic mass is 10.1. The van der Waals surface area contributed by atoms with E-state index in [1.807, 2.05) is 27.7 Å². The number of ketones is 1. The lowest BCUT2D eigenvalue weighted by Gasteiger charge is -2.00. The number of rotatable bonds is 4. The number of carbonyl (C=O) groups excluding carboxylic acids is 1. The van der Waals surface area contributed by atoms with Crippen molar-refractivity contribution < 1.29 is 4.79 Å². The smallest absolute Gasteiger partial charge is 0.126 e. The van der Waals surface area contributed by atoms with Gasteiger partial charge in [0, 0.05) is 0 Å². The van der Waals surface area contributed by atoms with Gasteiger partial charge in [0.15, 0.2) is 0 Å². The lowest BCUT2D eigenvalue weighted by Crippen LogP contribution is -1.81. The van der Waals surface area contributed by atoms with E-state index in [0.717, 1.165) is 12.3 Å². The van der Waals surface area contributed by atoms with Crippen molar-refractivity contribution >= 4 is 5.78 Å². The van der Waals surface area contributed by atoms with Crippen molar-refractivity contribution in [3.8, 4) is 0 Å². The summed E-state index contributed by atoms with van der Waals surface area (Å²) in [4.78, 5) is 9.44. The molecule has 0 aromatic rings. The zero-order valence-electron chi connectivity index (χ0n) is 18.8. The molecule has 0 amide bonds. The van der Waals surface area contributed by atoms with Crippen LogP contribution in [0.15, 0.2) is 23.3 Å². The van der Waals surface area contributed by atoms with E-state index in [4.69, 9.17) is 0 Å². The first-order valence-electron chi connectivity index (χ1n) is 9.52. The standard InChI is InChI=1S/C9H16.C6H14.C3H6O.2C2H6/c1-5-8(4)9(6-2)7-3;1-4-5-6(2)3;1-3(2)4;2*1-2/h5-6H,7H2,1-4H3;6H,4-5H2,1-3H3;1-2H3;2*1-2H3/b8-5+,9-6?;;;;. The van der Waals surface area contributed by atoms with Gasteiger partial charge in [0.1, 0.15) is 5.78 Å². The van der Waals surface area contributed by atoms with Gasteiger partial charge in [-0.15, -0.1) is 0 Å². The Labute approximate surface area is 149 Å². The van der Waals surface area contributed by atoms with E-state index in [1.54, 1.807) is 0 Å². The summed E-state index contributed by atoms with van der Waals surface area (Å²) in [7, 11) is 0. The molecule has 0 saturated heterocycles. The fourth-order valence-corrected chi connectivity index (χ4v) is 1.47. The summed E-state index contributed by atoms with van der Waals surface area (Å²) in [6.07, 6.45) is 8.18. The van der Waals surface area contributed by atoms with E-state index in [2.05, 4.69) is 60.6 Å². The monoisotopic (exact) mass is 328 g/mol. The van der Waals surface area contributed by atoms with Crippen molar-refractivity contribution in [3.05, 3.63) is 23.3 Å². The average Bonchev–Trinajstić information content (AvgIpc) is 2.52. The molecule has 0 aliphatic carbocycles. The van der Waals surface area contributed by atoms with Crippen LogP contribution in [0.4, 0.5) is 0 Å². The number of carbonyl (C=O) groups is 1. The fraction of sp³-hybridized carbons (Fsp3) is 0.773. The number of allylic oxidation sites excluding steroid dienone is 4. The maximum absolute atomic E-state index is 9.44. The maximum atomic E-state index is 9.44. The van der Waals surface area contributed by atoms with Crippen LogP contribution in [0, 0.1) is 5.92 Å². The second-order valence-electron chi connectivity index (χ2n) is 5.23. The molecule has 23 heavy (non-hydrogen) atoms. The maximum Gasteiger partial charge on any atom is 0.126 e. The van der Waals surface area contributed by atoms with E-state index in [1.165, 1.54) is 37.8 Å². The first-order valence-corrected chi connectivity index (χ1v) is 9.52. The molecule has 0 aliphatic heterocycles. The second-order valence-corrected chi connectivity index (χ2v) is 5.23. The van der Waals surface area contributed by atoms with Crippen LogP contribution < -0.4 is 0 Å². The first-order chi connectivity index (χ1) is 10.8. The minimum atomic E-state index is 0.167.